The molecule has 0 radical (unpaired) electrons. The number of rotatable bonds is 3. The Morgan fingerprint density at radius 3 is 3.11 bits per heavy atom. The Labute approximate surface area is 110 Å². The summed E-state index contributed by atoms with van der Waals surface area (Å²) in [6.45, 7) is 3.76. The minimum Gasteiger partial charge on any atom is -0.375 e. The van der Waals surface area contributed by atoms with Gasteiger partial charge in [0.2, 0.25) is 5.82 Å². The second-order valence-corrected chi connectivity index (χ2v) is 4.47. The molecule has 7 heteroatoms. The molecule has 98 valence electrons. The van der Waals surface area contributed by atoms with E-state index in [-0.39, 0.29) is 16.9 Å². The fourth-order valence-corrected chi connectivity index (χ4v) is 2.09. The summed E-state index contributed by atoms with van der Waals surface area (Å²) in [5.41, 5.74) is -0.0175. The number of hydrogen-bond acceptors (Lipinski definition) is 5. The van der Waals surface area contributed by atoms with E-state index < -0.39 is 4.92 Å². The number of anilines is 1. The number of nitrogens with zero attached hydrogens (tertiary/aromatic N) is 3. The van der Waals surface area contributed by atoms with Crippen molar-refractivity contribution in [3.8, 4) is 0 Å². The van der Waals surface area contributed by atoms with Gasteiger partial charge in [-0.3, -0.25) is 10.1 Å². The highest BCUT2D eigenvalue weighted by molar-refractivity contribution is 6.29. The molecule has 0 amide bonds. The van der Waals surface area contributed by atoms with Crippen molar-refractivity contribution in [2.45, 2.75) is 19.4 Å². The van der Waals surface area contributed by atoms with E-state index in [9.17, 15) is 10.1 Å². The van der Waals surface area contributed by atoms with Crippen LogP contribution in [-0.2, 0) is 4.74 Å². The molecule has 1 fully saturated rings. The third-order valence-corrected chi connectivity index (χ3v) is 3.12. The Bertz CT molecular complexity index is 455. The molecule has 1 atom stereocenters. The van der Waals surface area contributed by atoms with Crippen molar-refractivity contribution in [3.63, 3.8) is 0 Å². The van der Waals surface area contributed by atoms with Gasteiger partial charge in [-0.05, 0) is 12.5 Å². The predicted octanol–water partition coefficient (Wildman–Crippen LogP) is 2.26. The maximum absolute atomic E-state index is 11.0. The monoisotopic (exact) mass is 271 g/mol. The highest BCUT2D eigenvalue weighted by Crippen LogP contribution is 2.29. The molecule has 2 heterocycles. The maximum Gasteiger partial charge on any atom is 0.311 e. The van der Waals surface area contributed by atoms with Crippen LogP contribution in [0.15, 0.2) is 12.1 Å². The molecule has 0 aromatic carbocycles. The van der Waals surface area contributed by atoms with E-state index in [4.69, 9.17) is 16.3 Å². The summed E-state index contributed by atoms with van der Waals surface area (Å²) in [5, 5.41) is 11.3. The minimum absolute atomic E-state index is 0.0175. The van der Waals surface area contributed by atoms with Crippen LogP contribution < -0.4 is 4.90 Å². The van der Waals surface area contributed by atoms with E-state index in [0.29, 0.717) is 25.5 Å². The Balaban J connectivity index is 2.31. The largest absolute Gasteiger partial charge is 0.375 e. The SMILES string of the molecule is CCC1CN(c2nc(Cl)ccc2[N+](=O)[O-])CCO1. The summed E-state index contributed by atoms with van der Waals surface area (Å²) in [5.74, 6) is 0.328. The lowest BCUT2D eigenvalue weighted by atomic mass is 10.2. The van der Waals surface area contributed by atoms with Gasteiger partial charge in [-0.15, -0.1) is 0 Å². The summed E-state index contributed by atoms with van der Waals surface area (Å²) < 4.78 is 5.54. The lowest BCUT2D eigenvalue weighted by Crippen LogP contribution is -2.42. The lowest BCUT2D eigenvalue weighted by molar-refractivity contribution is -0.384. The van der Waals surface area contributed by atoms with E-state index in [1.165, 1.54) is 12.1 Å². The van der Waals surface area contributed by atoms with Gasteiger partial charge in [0.05, 0.1) is 17.6 Å². The first-order valence-electron chi connectivity index (χ1n) is 5.79. The maximum atomic E-state index is 11.0. The van der Waals surface area contributed by atoms with Crippen molar-refractivity contribution >= 4 is 23.1 Å². The van der Waals surface area contributed by atoms with Gasteiger partial charge in [-0.25, -0.2) is 4.98 Å². The number of ether oxygens (including phenoxy) is 1. The van der Waals surface area contributed by atoms with Gasteiger partial charge in [0.25, 0.3) is 0 Å². The molecule has 1 aromatic heterocycles. The normalized spacial score (nSPS) is 19.9. The standard InChI is InChI=1S/C11H14ClN3O3/c1-2-8-7-14(5-6-18-8)11-9(15(16)17)3-4-10(12)13-11/h3-4,8H,2,5-7H2,1H3. The average Bonchev–Trinajstić information content (AvgIpc) is 2.38. The van der Waals surface area contributed by atoms with Crippen LogP contribution in [0, 0.1) is 10.1 Å². The molecule has 1 saturated heterocycles. The van der Waals surface area contributed by atoms with Crippen LogP contribution in [0.2, 0.25) is 5.15 Å². The fraction of sp³-hybridized carbons (Fsp3) is 0.545. The molecule has 0 saturated carbocycles. The Hall–Kier alpha value is -1.40. The molecule has 2 rings (SSSR count). The molecular formula is C11H14ClN3O3. The third-order valence-electron chi connectivity index (χ3n) is 2.91. The third kappa shape index (κ3) is 2.70. The van der Waals surface area contributed by atoms with Gasteiger partial charge < -0.3 is 9.64 Å². The summed E-state index contributed by atoms with van der Waals surface area (Å²) in [7, 11) is 0. The molecule has 0 N–H and O–H groups in total. The first kappa shape index (κ1) is 13.0. The number of hydrogen-bond donors (Lipinski definition) is 0. The molecule has 1 aliphatic heterocycles. The van der Waals surface area contributed by atoms with Gasteiger partial charge in [0, 0.05) is 19.2 Å². The molecule has 0 aliphatic carbocycles. The van der Waals surface area contributed by atoms with Crippen molar-refractivity contribution in [3.05, 3.63) is 27.4 Å². The van der Waals surface area contributed by atoms with Crippen molar-refractivity contribution < 1.29 is 9.66 Å². The number of pyridine rings is 1. The highest BCUT2D eigenvalue weighted by Gasteiger charge is 2.26. The predicted molar refractivity (Wildman–Crippen MR) is 68.1 cm³/mol. The van der Waals surface area contributed by atoms with E-state index >= 15 is 0 Å². The summed E-state index contributed by atoms with van der Waals surface area (Å²) in [4.78, 5) is 16.5. The van der Waals surface area contributed by atoms with Crippen LogP contribution in [0.5, 0.6) is 0 Å². The quantitative estimate of drug-likeness (QED) is 0.479. The van der Waals surface area contributed by atoms with E-state index in [2.05, 4.69) is 4.98 Å². The zero-order valence-electron chi connectivity index (χ0n) is 10.0. The fourth-order valence-electron chi connectivity index (χ4n) is 1.95. The Morgan fingerprint density at radius 1 is 1.67 bits per heavy atom. The Morgan fingerprint density at radius 2 is 2.44 bits per heavy atom. The second kappa shape index (κ2) is 5.49. The van der Waals surface area contributed by atoms with Gasteiger partial charge in [-0.2, -0.15) is 0 Å². The summed E-state index contributed by atoms with van der Waals surface area (Å²) in [6, 6.07) is 2.82. The summed E-state index contributed by atoms with van der Waals surface area (Å²) >= 11 is 5.82. The van der Waals surface area contributed by atoms with Gasteiger partial charge in [-0.1, -0.05) is 18.5 Å². The zero-order chi connectivity index (χ0) is 13.1. The van der Waals surface area contributed by atoms with Crippen LogP contribution in [0.25, 0.3) is 0 Å². The highest BCUT2D eigenvalue weighted by atomic mass is 35.5. The van der Waals surface area contributed by atoms with E-state index in [1.807, 2.05) is 11.8 Å². The van der Waals surface area contributed by atoms with Crippen molar-refractivity contribution in [2.24, 2.45) is 0 Å². The Kier molecular flexibility index (Phi) is 3.98. The van der Waals surface area contributed by atoms with Crippen LogP contribution in [-0.4, -0.2) is 35.7 Å². The molecule has 1 unspecified atom stereocenters. The van der Waals surface area contributed by atoms with E-state index in [0.717, 1.165) is 6.42 Å². The molecular weight excluding hydrogens is 258 g/mol. The lowest BCUT2D eigenvalue weighted by Gasteiger charge is -2.32. The van der Waals surface area contributed by atoms with Crippen LogP contribution in [0.4, 0.5) is 11.5 Å². The van der Waals surface area contributed by atoms with Gasteiger partial charge in [0.15, 0.2) is 0 Å². The minimum atomic E-state index is -0.435. The zero-order valence-corrected chi connectivity index (χ0v) is 10.8. The van der Waals surface area contributed by atoms with Crippen molar-refractivity contribution in [1.29, 1.82) is 0 Å². The van der Waals surface area contributed by atoms with E-state index in [1.54, 1.807) is 0 Å². The second-order valence-electron chi connectivity index (χ2n) is 4.08. The molecule has 1 aromatic rings. The topological polar surface area (TPSA) is 68.5 Å². The first-order chi connectivity index (χ1) is 8.61. The van der Waals surface area contributed by atoms with Crippen LogP contribution >= 0.6 is 11.6 Å². The smallest absolute Gasteiger partial charge is 0.311 e. The van der Waals surface area contributed by atoms with Crippen LogP contribution in [0.3, 0.4) is 0 Å². The van der Waals surface area contributed by atoms with Gasteiger partial charge in [0.1, 0.15) is 5.15 Å². The van der Waals surface area contributed by atoms with Crippen molar-refractivity contribution in [1.82, 2.24) is 4.98 Å². The molecule has 0 spiro atoms. The summed E-state index contributed by atoms with van der Waals surface area (Å²) in [6.07, 6.45) is 0.948. The average molecular weight is 272 g/mol. The number of aromatic nitrogens is 1. The molecule has 1 aliphatic rings. The van der Waals surface area contributed by atoms with Crippen LogP contribution in [0.1, 0.15) is 13.3 Å². The molecule has 18 heavy (non-hydrogen) atoms. The number of nitro groups is 1. The van der Waals surface area contributed by atoms with Gasteiger partial charge >= 0.3 is 5.69 Å². The molecule has 6 nitrogen and oxygen atoms in total. The first-order valence-corrected chi connectivity index (χ1v) is 6.17. The number of morpholine rings is 1. The van der Waals surface area contributed by atoms with Crippen molar-refractivity contribution in [2.75, 3.05) is 24.6 Å². The number of halogens is 1. The molecule has 0 bridgehead atoms.